The first-order valence-electron chi connectivity index (χ1n) is 28.2. The van der Waals surface area contributed by atoms with Crippen molar-refractivity contribution in [2.24, 2.45) is 0 Å². The molecule has 9 heterocycles. The van der Waals surface area contributed by atoms with Crippen molar-refractivity contribution in [1.82, 2.24) is 16.0 Å². The van der Waals surface area contributed by atoms with Gasteiger partial charge in [0.1, 0.15) is 0 Å². The third-order valence-corrected chi connectivity index (χ3v) is 17.8. The van der Waals surface area contributed by atoms with Crippen LogP contribution in [0.1, 0.15) is 85.5 Å². The smallest absolute Gasteiger partial charge is 0.349 e. The molecule has 5 N–H and O–H groups in total. The van der Waals surface area contributed by atoms with Crippen LogP contribution in [-0.4, -0.2) is 164 Å². The van der Waals surface area contributed by atoms with Gasteiger partial charge in [0.15, 0.2) is 0 Å². The molecule has 5 aromatic rings. The molecule has 0 aliphatic carbocycles. The van der Waals surface area contributed by atoms with Crippen LogP contribution >= 0.6 is 0 Å². The van der Waals surface area contributed by atoms with Gasteiger partial charge in [0.2, 0.25) is 12.2 Å². The second kappa shape index (κ2) is 22.8. The average molecular weight is 1070 g/mol. The fourth-order valence-electron chi connectivity index (χ4n) is 13.7. The first-order chi connectivity index (χ1) is 38.3. The number of nitrogens with zero attached hydrogens (tertiary/aromatic N) is 6. The summed E-state index contributed by atoms with van der Waals surface area (Å²) in [6.07, 6.45) is -0.561. The number of esters is 2. The van der Waals surface area contributed by atoms with E-state index in [1.165, 1.54) is 117 Å². The van der Waals surface area contributed by atoms with Crippen LogP contribution in [0.3, 0.4) is 0 Å². The van der Waals surface area contributed by atoms with Crippen LogP contribution in [0.25, 0.3) is 0 Å². The van der Waals surface area contributed by atoms with E-state index in [9.17, 15) is 29.4 Å². The predicted molar refractivity (Wildman–Crippen MR) is 309 cm³/mol. The number of carboxylic acid groups (broad SMARTS) is 2. The van der Waals surface area contributed by atoms with Crippen molar-refractivity contribution < 1.29 is 38.9 Å². The molecule has 3 fully saturated rings. The molecule has 8 atom stereocenters. The van der Waals surface area contributed by atoms with Gasteiger partial charge >= 0.3 is 23.9 Å². The van der Waals surface area contributed by atoms with Gasteiger partial charge in [0, 0.05) is 116 Å². The van der Waals surface area contributed by atoms with Gasteiger partial charge in [0.05, 0.1) is 45.3 Å². The number of nitrogens with one attached hydrogen (secondary N) is 3. The Morgan fingerprint density at radius 2 is 0.759 bits per heavy atom. The molecule has 0 aromatic heterocycles. The number of likely N-dealkylation sites (N-methyl/N-ethyl adjacent to an activating group) is 3. The Labute approximate surface area is 463 Å². The maximum Gasteiger partial charge on any atom is 0.349 e. The number of hydrogen-bond acceptors (Lipinski definition) is 15. The summed E-state index contributed by atoms with van der Waals surface area (Å²) >= 11 is 0. The molecule has 2 unspecified atom stereocenters. The third kappa shape index (κ3) is 10.4. The Bertz CT molecular complexity index is 2790. The molecule has 79 heavy (non-hydrogen) atoms. The van der Waals surface area contributed by atoms with E-state index in [0.717, 1.165) is 68.5 Å². The van der Waals surface area contributed by atoms with E-state index in [-0.39, 0.29) is 11.1 Å². The van der Waals surface area contributed by atoms with Crippen molar-refractivity contribution in [3.8, 4) is 0 Å². The van der Waals surface area contributed by atoms with Gasteiger partial charge in [-0.15, -0.1) is 0 Å². The Morgan fingerprint density at radius 1 is 0.456 bits per heavy atom. The number of carbonyl (C=O) groups is 4. The van der Waals surface area contributed by atoms with E-state index in [4.69, 9.17) is 9.47 Å². The number of aryl methyl sites for hydroxylation is 2. The molecule has 3 saturated heterocycles. The maximum atomic E-state index is 12.2. The van der Waals surface area contributed by atoms with Gasteiger partial charge in [-0.25, -0.2) is 19.2 Å². The maximum absolute atomic E-state index is 12.2. The number of hydrogen-bond donors (Lipinski definition) is 5. The second-order valence-corrected chi connectivity index (χ2v) is 22.6. The molecule has 17 nitrogen and oxygen atoms in total. The standard InChI is InChI=1S/C20H18O8.3C14H19N3/c1-11-3-7-13(8-4-11)19(25)27-15(17(21)22)16(18(23)24)28-20(26)14-9-5-12(2)6-10-14;3*1-16-7-8-17-12-5-6-15-9-11(12)10-3-2-4-13(16)14(10)17/h3-10,15-16H,1-2H3,(H,21,22)(H,23,24);3*2-4,11-12,15H,5-9H2,1H3/t15-,16-;2*11-,12-;/m100./s1. The van der Waals surface area contributed by atoms with Crippen molar-refractivity contribution in [3.63, 3.8) is 0 Å². The first-order valence-corrected chi connectivity index (χ1v) is 28.2. The molecule has 0 saturated carbocycles. The zero-order valence-electron chi connectivity index (χ0n) is 46.1. The van der Waals surface area contributed by atoms with E-state index < -0.39 is 36.1 Å². The Kier molecular flexibility index (Phi) is 15.5. The van der Waals surface area contributed by atoms with E-state index in [1.807, 2.05) is 0 Å². The predicted octanol–water partition coefficient (Wildman–Crippen LogP) is 6.43. The SMILES string of the molecule is CN1CCN2c3c(cccc31)C1CNCCC12.CN1CCN2c3c(cccc31)[C@@H]1CNCC[C@@H]12.CN1CCN2c3c(cccc31)[C@@H]1CNCC[C@@H]12.Cc1ccc(C(=O)O[C@@H](C(=O)O)[C@@H](OC(=O)c2ccc(C)cc2)C(=O)O)cc1. The Morgan fingerprint density at radius 3 is 1.05 bits per heavy atom. The van der Waals surface area contributed by atoms with E-state index in [2.05, 4.69) is 121 Å². The molecule has 416 valence electrons. The molecular weight excluding hydrogens is 999 g/mol. The minimum atomic E-state index is -2.22. The molecule has 0 spiro atoms. The van der Waals surface area contributed by atoms with E-state index >= 15 is 0 Å². The molecule has 0 amide bonds. The molecular formula is C62H75N9O8. The van der Waals surface area contributed by atoms with Gasteiger partial charge in [-0.05, 0) is 112 Å². The summed E-state index contributed by atoms with van der Waals surface area (Å²) in [5.74, 6) is -3.48. The summed E-state index contributed by atoms with van der Waals surface area (Å²) < 4.78 is 9.64. The zero-order chi connectivity index (χ0) is 55.1. The van der Waals surface area contributed by atoms with Crippen molar-refractivity contribution in [2.75, 3.05) is 129 Å². The highest BCUT2D eigenvalue weighted by molar-refractivity contribution is 5.95. The highest BCUT2D eigenvalue weighted by atomic mass is 16.6. The molecule has 9 aliphatic rings. The van der Waals surface area contributed by atoms with E-state index in [0.29, 0.717) is 17.8 Å². The molecule has 0 radical (unpaired) electrons. The number of rotatable bonds is 7. The molecule has 9 aliphatic heterocycles. The van der Waals surface area contributed by atoms with Crippen LogP contribution in [0.5, 0.6) is 0 Å². The lowest BCUT2D eigenvalue weighted by atomic mass is 9.90. The van der Waals surface area contributed by atoms with E-state index in [1.54, 1.807) is 54.8 Å². The summed E-state index contributed by atoms with van der Waals surface area (Å²) in [4.78, 5) is 62.6. The highest BCUT2D eigenvalue weighted by Gasteiger charge is 2.46. The number of benzene rings is 5. The Hall–Kier alpha value is -7.34. The van der Waals surface area contributed by atoms with Crippen LogP contribution in [-0.2, 0) is 19.1 Å². The second-order valence-electron chi connectivity index (χ2n) is 22.6. The number of piperidine rings is 3. The lowest BCUT2D eigenvalue weighted by Crippen LogP contribution is -2.48. The minimum absolute atomic E-state index is 0.0332. The van der Waals surface area contributed by atoms with Crippen LogP contribution in [0.4, 0.5) is 34.1 Å². The molecule has 14 rings (SSSR count). The van der Waals surface area contributed by atoms with Crippen LogP contribution in [0, 0.1) is 13.8 Å². The number of aliphatic carboxylic acids is 2. The summed E-state index contributed by atoms with van der Waals surface area (Å²) in [7, 11) is 6.65. The van der Waals surface area contributed by atoms with Crippen LogP contribution in [0.15, 0.2) is 103 Å². The third-order valence-electron chi connectivity index (χ3n) is 17.8. The number of fused-ring (bicyclic) bond motifs is 9. The normalized spacial score (nSPS) is 23.9. The largest absolute Gasteiger partial charge is 0.478 e. The van der Waals surface area contributed by atoms with Crippen molar-refractivity contribution in [1.29, 1.82) is 0 Å². The average Bonchev–Trinajstić information content (AvgIpc) is 4.28. The summed E-state index contributed by atoms with van der Waals surface area (Å²) in [6.45, 7) is 17.6. The topological polar surface area (TPSA) is 183 Å². The molecule has 17 heteroatoms. The summed E-state index contributed by atoms with van der Waals surface area (Å²) in [5.41, 5.74) is 15.4. The van der Waals surface area contributed by atoms with Gasteiger partial charge in [-0.3, -0.25) is 0 Å². The summed E-state index contributed by atoms with van der Waals surface area (Å²) in [5, 5.41) is 29.3. The van der Waals surface area contributed by atoms with Crippen LogP contribution < -0.4 is 45.3 Å². The summed E-state index contributed by atoms with van der Waals surface area (Å²) in [6, 6.07) is 34.8. The van der Waals surface area contributed by atoms with Crippen molar-refractivity contribution in [3.05, 3.63) is 142 Å². The number of carboxylic acids is 2. The quantitative estimate of drug-likeness (QED) is 0.112. The number of carbonyl (C=O) groups excluding carboxylic acids is 2. The van der Waals surface area contributed by atoms with Gasteiger partial charge in [-0.2, -0.15) is 0 Å². The van der Waals surface area contributed by atoms with Crippen molar-refractivity contribution in [2.45, 2.75) is 81.2 Å². The van der Waals surface area contributed by atoms with Crippen LogP contribution in [0.2, 0.25) is 0 Å². The number of anilines is 6. The van der Waals surface area contributed by atoms with Gasteiger partial charge < -0.3 is 65.0 Å². The lowest BCUT2D eigenvalue weighted by Gasteiger charge is -2.39. The van der Waals surface area contributed by atoms with Gasteiger partial charge in [0.25, 0.3) is 0 Å². The first kappa shape index (κ1) is 53.7. The highest BCUT2D eigenvalue weighted by Crippen LogP contribution is 2.52. The number of ether oxygens (including phenoxy) is 2. The monoisotopic (exact) mass is 1070 g/mol. The minimum Gasteiger partial charge on any atom is -0.478 e. The lowest BCUT2D eigenvalue weighted by molar-refractivity contribution is -0.166. The van der Waals surface area contributed by atoms with Crippen molar-refractivity contribution >= 4 is 58.0 Å². The molecule has 0 bridgehead atoms. The fraction of sp³-hybridized carbons (Fsp3) is 0.452. The van der Waals surface area contributed by atoms with Gasteiger partial charge in [-0.1, -0.05) is 71.8 Å². The number of para-hydroxylation sites is 3. The molecule has 5 aromatic carbocycles. The Balaban J connectivity index is 0.000000114. The zero-order valence-corrected chi connectivity index (χ0v) is 46.1. The fourth-order valence-corrected chi connectivity index (χ4v) is 13.7.